The van der Waals surface area contributed by atoms with E-state index in [4.69, 9.17) is 16.9 Å². The maximum absolute atomic E-state index is 10.3. The fourth-order valence-electron chi connectivity index (χ4n) is 2.17. The van der Waals surface area contributed by atoms with E-state index in [0.29, 0.717) is 17.0 Å². The van der Waals surface area contributed by atoms with Gasteiger partial charge in [-0.25, -0.2) is 4.98 Å². The van der Waals surface area contributed by atoms with Gasteiger partial charge in [0, 0.05) is 35.5 Å². The first-order valence-electron chi connectivity index (χ1n) is 6.90. The first-order chi connectivity index (χ1) is 11.2. The summed E-state index contributed by atoms with van der Waals surface area (Å²) in [7, 11) is 0. The zero-order valence-corrected chi connectivity index (χ0v) is 13.6. The number of hydrogen-bond donors (Lipinski definition) is 1. The number of nitriles is 1. The van der Waals surface area contributed by atoms with Crippen molar-refractivity contribution in [3.63, 3.8) is 0 Å². The van der Waals surface area contributed by atoms with Gasteiger partial charge in [-0.3, -0.25) is 4.98 Å². The van der Waals surface area contributed by atoms with Crippen molar-refractivity contribution in [2.24, 2.45) is 0 Å². The molecule has 23 heavy (non-hydrogen) atoms. The number of aromatic nitrogens is 2. The summed E-state index contributed by atoms with van der Waals surface area (Å²) in [6.45, 7) is 0. The minimum Gasteiger partial charge on any atom is -0.388 e. The van der Waals surface area contributed by atoms with Crippen LogP contribution in [0.25, 0.3) is 10.6 Å². The summed E-state index contributed by atoms with van der Waals surface area (Å²) < 4.78 is 0. The Morgan fingerprint density at radius 3 is 2.74 bits per heavy atom. The molecule has 1 atom stereocenters. The van der Waals surface area contributed by atoms with Gasteiger partial charge in [-0.15, -0.1) is 11.3 Å². The molecule has 0 fully saturated rings. The lowest BCUT2D eigenvalue weighted by atomic mass is 10.1. The first-order valence-corrected chi connectivity index (χ1v) is 8.09. The van der Waals surface area contributed by atoms with Crippen LogP contribution < -0.4 is 0 Å². The molecule has 0 spiro atoms. The van der Waals surface area contributed by atoms with E-state index in [1.54, 1.807) is 42.9 Å². The fraction of sp³-hybridized carbons (Fsp3) is 0.118. The van der Waals surface area contributed by atoms with Crippen LogP contribution in [0.2, 0.25) is 5.02 Å². The molecule has 114 valence electrons. The van der Waals surface area contributed by atoms with E-state index >= 15 is 0 Å². The second kappa shape index (κ2) is 6.88. The van der Waals surface area contributed by atoms with E-state index in [2.05, 4.69) is 9.97 Å². The van der Waals surface area contributed by atoms with Gasteiger partial charge in [-0.1, -0.05) is 17.7 Å². The highest BCUT2D eigenvalue weighted by Crippen LogP contribution is 2.30. The molecule has 1 unspecified atom stereocenters. The molecule has 0 saturated carbocycles. The summed E-state index contributed by atoms with van der Waals surface area (Å²) in [5.41, 5.74) is 2.14. The van der Waals surface area contributed by atoms with Crippen LogP contribution in [0.4, 0.5) is 0 Å². The Morgan fingerprint density at radius 1 is 1.26 bits per heavy atom. The smallest absolute Gasteiger partial charge is 0.123 e. The standard InChI is InChI=1S/C17H12ClN3OS/c18-15-7-12(1-2-13(15)9-19)17-21-10-14(23-17)8-16(22)11-3-5-20-6-4-11/h1-7,10,16,22H,8H2. The molecule has 3 rings (SSSR count). The Hall–Kier alpha value is -2.26. The number of aliphatic hydroxyl groups excluding tert-OH is 1. The van der Waals surface area contributed by atoms with Gasteiger partial charge >= 0.3 is 0 Å². The van der Waals surface area contributed by atoms with Crippen molar-refractivity contribution < 1.29 is 5.11 Å². The van der Waals surface area contributed by atoms with Crippen molar-refractivity contribution in [1.82, 2.24) is 9.97 Å². The average molecular weight is 342 g/mol. The van der Waals surface area contributed by atoms with Crippen molar-refractivity contribution in [3.05, 3.63) is 69.9 Å². The molecule has 0 saturated heterocycles. The molecule has 0 amide bonds. The number of aliphatic hydroxyl groups is 1. The molecule has 4 nitrogen and oxygen atoms in total. The molecule has 6 heteroatoms. The minimum absolute atomic E-state index is 0.415. The first kappa shape index (κ1) is 15.6. The average Bonchev–Trinajstić information content (AvgIpc) is 3.04. The molecule has 0 aliphatic heterocycles. The van der Waals surface area contributed by atoms with E-state index in [1.165, 1.54) is 11.3 Å². The van der Waals surface area contributed by atoms with Crippen LogP contribution in [0.1, 0.15) is 22.1 Å². The summed E-state index contributed by atoms with van der Waals surface area (Å²) in [6.07, 6.45) is 4.99. The van der Waals surface area contributed by atoms with Gasteiger partial charge in [-0.2, -0.15) is 5.26 Å². The van der Waals surface area contributed by atoms with Gasteiger partial charge in [0.25, 0.3) is 0 Å². The fourth-order valence-corrected chi connectivity index (χ4v) is 3.34. The van der Waals surface area contributed by atoms with Crippen LogP contribution in [0.3, 0.4) is 0 Å². The number of thiazole rings is 1. The minimum atomic E-state index is -0.587. The largest absolute Gasteiger partial charge is 0.388 e. The van der Waals surface area contributed by atoms with Crippen LogP contribution in [-0.4, -0.2) is 15.1 Å². The Balaban J connectivity index is 1.78. The zero-order valence-electron chi connectivity index (χ0n) is 12.0. The number of pyridine rings is 1. The number of rotatable bonds is 4. The van der Waals surface area contributed by atoms with Crippen molar-refractivity contribution >= 4 is 22.9 Å². The van der Waals surface area contributed by atoms with E-state index in [-0.39, 0.29) is 0 Å². The molecule has 2 aromatic heterocycles. The molecule has 1 aromatic carbocycles. The number of hydrogen-bond acceptors (Lipinski definition) is 5. The molecule has 1 N–H and O–H groups in total. The van der Waals surface area contributed by atoms with Crippen molar-refractivity contribution in [3.8, 4) is 16.6 Å². The van der Waals surface area contributed by atoms with Gasteiger partial charge in [0.2, 0.25) is 0 Å². The topological polar surface area (TPSA) is 69.8 Å². The third-order valence-corrected chi connectivity index (χ3v) is 4.76. The van der Waals surface area contributed by atoms with Gasteiger partial charge in [-0.05, 0) is 29.8 Å². The van der Waals surface area contributed by atoms with Crippen LogP contribution in [0.5, 0.6) is 0 Å². The molecular formula is C17H12ClN3OS. The predicted molar refractivity (Wildman–Crippen MR) is 90.2 cm³/mol. The quantitative estimate of drug-likeness (QED) is 0.778. The summed E-state index contributed by atoms with van der Waals surface area (Å²) in [4.78, 5) is 9.30. The van der Waals surface area contributed by atoms with Gasteiger partial charge in [0.05, 0.1) is 16.7 Å². The van der Waals surface area contributed by atoms with E-state index in [1.807, 2.05) is 12.1 Å². The summed E-state index contributed by atoms with van der Waals surface area (Å²) in [5.74, 6) is 0. The highest BCUT2D eigenvalue weighted by molar-refractivity contribution is 7.15. The molecule has 2 heterocycles. The van der Waals surface area contributed by atoms with Crippen LogP contribution in [0.15, 0.2) is 48.9 Å². The molecule has 0 aliphatic rings. The van der Waals surface area contributed by atoms with E-state index < -0.39 is 6.10 Å². The van der Waals surface area contributed by atoms with Gasteiger partial charge in [0.15, 0.2) is 0 Å². The molecule has 0 bridgehead atoms. The molecule has 0 radical (unpaired) electrons. The molecule has 0 aliphatic carbocycles. The molecular weight excluding hydrogens is 330 g/mol. The van der Waals surface area contributed by atoms with Crippen LogP contribution in [0, 0.1) is 11.3 Å². The number of benzene rings is 1. The second-order valence-corrected chi connectivity index (χ2v) is 6.46. The summed E-state index contributed by atoms with van der Waals surface area (Å²) >= 11 is 7.56. The van der Waals surface area contributed by atoms with E-state index in [0.717, 1.165) is 21.0 Å². The predicted octanol–water partition coefficient (Wildman–Crippen LogP) is 4.01. The van der Waals surface area contributed by atoms with Crippen LogP contribution in [-0.2, 0) is 6.42 Å². The lowest BCUT2D eigenvalue weighted by Gasteiger charge is -2.08. The SMILES string of the molecule is N#Cc1ccc(-c2ncc(CC(O)c3ccncc3)s2)cc1Cl. The Morgan fingerprint density at radius 2 is 2.04 bits per heavy atom. The Bertz CT molecular complexity index is 858. The summed E-state index contributed by atoms with van der Waals surface area (Å²) in [6, 6.07) is 10.9. The molecule has 3 aromatic rings. The number of nitrogens with zero attached hydrogens (tertiary/aromatic N) is 3. The van der Waals surface area contributed by atoms with Crippen molar-refractivity contribution in [2.75, 3.05) is 0 Å². The zero-order chi connectivity index (χ0) is 16.2. The third kappa shape index (κ3) is 3.57. The van der Waals surface area contributed by atoms with E-state index in [9.17, 15) is 5.11 Å². The second-order valence-electron chi connectivity index (χ2n) is 4.94. The van der Waals surface area contributed by atoms with Crippen LogP contribution >= 0.6 is 22.9 Å². The van der Waals surface area contributed by atoms with Gasteiger partial charge in [0.1, 0.15) is 11.1 Å². The Labute approximate surface area is 142 Å². The number of halogens is 1. The normalized spacial score (nSPS) is 11.9. The monoisotopic (exact) mass is 341 g/mol. The summed E-state index contributed by atoms with van der Waals surface area (Å²) in [5, 5.41) is 20.4. The lowest BCUT2D eigenvalue weighted by molar-refractivity contribution is 0.179. The maximum Gasteiger partial charge on any atom is 0.123 e. The highest BCUT2D eigenvalue weighted by Gasteiger charge is 2.12. The third-order valence-electron chi connectivity index (χ3n) is 3.38. The van der Waals surface area contributed by atoms with Crippen molar-refractivity contribution in [2.45, 2.75) is 12.5 Å². The lowest BCUT2D eigenvalue weighted by Crippen LogP contribution is -2.00. The highest BCUT2D eigenvalue weighted by atomic mass is 35.5. The van der Waals surface area contributed by atoms with Gasteiger partial charge < -0.3 is 5.11 Å². The van der Waals surface area contributed by atoms with Crippen molar-refractivity contribution in [1.29, 1.82) is 5.26 Å². The maximum atomic E-state index is 10.3. The Kier molecular flexibility index (Phi) is 4.68.